The summed E-state index contributed by atoms with van der Waals surface area (Å²) in [6.07, 6.45) is 0.503. The SMILES string of the molecule is COc1cc(C(=O)N2CCc3noc(-c4cc(Cl)c(O)cc4O)c3C2)ccc1N. The molecule has 1 aliphatic rings. The molecule has 4 rings (SSSR count). The number of amides is 1. The number of anilines is 1. The Morgan fingerprint density at radius 1 is 1.28 bits per heavy atom. The Bertz CT molecular complexity index is 1110. The smallest absolute Gasteiger partial charge is 0.254 e. The van der Waals surface area contributed by atoms with Gasteiger partial charge in [0.05, 0.1) is 35.6 Å². The third-order valence-corrected chi connectivity index (χ3v) is 5.22. The normalized spacial score (nSPS) is 13.2. The predicted octanol–water partition coefficient (Wildman–Crippen LogP) is 3.20. The first-order chi connectivity index (χ1) is 13.9. The maximum Gasteiger partial charge on any atom is 0.254 e. The van der Waals surface area contributed by atoms with Gasteiger partial charge in [0.1, 0.15) is 17.2 Å². The molecule has 0 atom stereocenters. The molecule has 2 heterocycles. The summed E-state index contributed by atoms with van der Waals surface area (Å²) in [6.45, 7) is 0.713. The highest BCUT2D eigenvalue weighted by molar-refractivity contribution is 6.32. The minimum absolute atomic E-state index is 0.0701. The molecular formula is C20H18ClN3O5. The third-order valence-electron chi connectivity index (χ3n) is 4.91. The Balaban J connectivity index is 1.66. The Labute approximate surface area is 171 Å². The van der Waals surface area contributed by atoms with Crippen LogP contribution in [0.4, 0.5) is 5.69 Å². The van der Waals surface area contributed by atoms with Crippen molar-refractivity contribution >= 4 is 23.2 Å². The number of nitrogens with two attached hydrogens (primary N) is 1. The lowest BCUT2D eigenvalue weighted by atomic mass is 10.00. The average Bonchev–Trinajstić information content (AvgIpc) is 3.13. The van der Waals surface area contributed by atoms with Crippen LogP contribution in [0, 0.1) is 0 Å². The third kappa shape index (κ3) is 3.31. The van der Waals surface area contributed by atoms with E-state index < -0.39 is 0 Å². The van der Waals surface area contributed by atoms with Gasteiger partial charge in [-0.15, -0.1) is 0 Å². The second kappa shape index (κ2) is 7.21. The van der Waals surface area contributed by atoms with Crippen LogP contribution in [0.15, 0.2) is 34.9 Å². The molecule has 0 unspecified atom stereocenters. The van der Waals surface area contributed by atoms with Gasteiger partial charge in [0.15, 0.2) is 5.76 Å². The van der Waals surface area contributed by atoms with Crippen LogP contribution in [-0.2, 0) is 13.0 Å². The molecule has 0 bridgehead atoms. The van der Waals surface area contributed by atoms with Crippen molar-refractivity contribution in [3.05, 3.63) is 52.2 Å². The van der Waals surface area contributed by atoms with Gasteiger partial charge in [-0.3, -0.25) is 4.79 Å². The number of hydrogen-bond donors (Lipinski definition) is 3. The summed E-state index contributed by atoms with van der Waals surface area (Å²) in [5, 5.41) is 24.0. The van der Waals surface area contributed by atoms with Crippen molar-refractivity contribution < 1.29 is 24.3 Å². The van der Waals surface area contributed by atoms with Crippen LogP contribution < -0.4 is 10.5 Å². The second-order valence-electron chi connectivity index (χ2n) is 6.69. The van der Waals surface area contributed by atoms with Crippen molar-refractivity contribution in [1.29, 1.82) is 0 Å². The van der Waals surface area contributed by atoms with Crippen LogP contribution in [0.3, 0.4) is 0 Å². The van der Waals surface area contributed by atoms with Crippen LogP contribution in [-0.4, -0.2) is 39.8 Å². The fourth-order valence-electron chi connectivity index (χ4n) is 3.36. The fraction of sp³-hybridized carbons (Fsp3) is 0.200. The van der Waals surface area contributed by atoms with Crippen molar-refractivity contribution in [2.24, 2.45) is 0 Å². The molecule has 2 aromatic carbocycles. The first kappa shape index (κ1) is 18.9. The second-order valence-corrected chi connectivity index (χ2v) is 7.10. The summed E-state index contributed by atoms with van der Waals surface area (Å²) < 4.78 is 10.6. The van der Waals surface area contributed by atoms with Gasteiger partial charge < -0.3 is 30.1 Å². The Kier molecular flexibility index (Phi) is 4.71. The molecule has 1 amide bonds. The van der Waals surface area contributed by atoms with E-state index in [2.05, 4.69) is 5.16 Å². The van der Waals surface area contributed by atoms with Crippen molar-refractivity contribution in [3.8, 4) is 28.6 Å². The topological polar surface area (TPSA) is 122 Å². The highest BCUT2D eigenvalue weighted by Crippen LogP contribution is 2.40. The number of aromatic nitrogens is 1. The van der Waals surface area contributed by atoms with E-state index in [1.807, 2.05) is 0 Å². The standard InChI is InChI=1S/C20H18ClN3O5/c1-28-18-6-10(2-3-14(18)22)20(27)24-5-4-15-12(9-24)19(29-23-15)11-7-13(21)17(26)8-16(11)25/h2-3,6-8,25-26H,4-5,9,22H2,1H3. The molecule has 0 fully saturated rings. The zero-order chi connectivity index (χ0) is 20.7. The number of carbonyl (C=O) groups excluding carboxylic acids is 1. The van der Waals surface area contributed by atoms with E-state index in [1.165, 1.54) is 13.2 Å². The highest BCUT2D eigenvalue weighted by atomic mass is 35.5. The van der Waals surface area contributed by atoms with Crippen LogP contribution in [0.1, 0.15) is 21.6 Å². The number of rotatable bonds is 3. The lowest BCUT2D eigenvalue weighted by molar-refractivity contribution is 0.0734. The molecule has 0 aliphatic carbocycles. The summed E-state index contributed by atoms with van der Waals surface area (Å²) in [5.41, 5.74) is 8.42. The van der Waals surface area contributed by atoms with E-state index in [4.69, 9.17) is 26.6 Å². The number of nitrogen functional groups attached to an aromatic ring is 1. The van der Waals surface area contributed by atoms with Crippen LogP contribution in [0.2, 0.25) is 5.02 Å². The van der Waals surface area contributed by atoms with E-state index in [9.17, 15) is 15.0 Å². The van der Waals surface area contributed by atoms with E-state index in [-0.39, 0.29) is 29.0 Å². The number of fused-ring (bicyclic) bond motifs is 1. The van der Waals surface area contributed by atoms with Crippen LogP contribution in [0.25, 0.3) is 11.3 Å². The van der Waals surface area contributed by atoms with Crippen molar-refractivity contribution in [2.75, 3.05) is 19.4 Å². The van der Waals surface area contributed by atoms with E-state index >= 15 is 0 Å². The Morgan fingerprint density at radius 3 is 2.83 bits per heavy atom. The zero-order valence-electron chi connectivity index (χ0n) is 15.5. The molecule has 0 radical (unpaired) electrons. The van der Waals surface area contributed by atoms with Crippen molar-refractivity contribution in [1.82, 2.24) is 10.1 Å². The molecule has 1 aromatic heterocycles. The first-order valence-corrected chi connectivity index (χ1v) is 9.19. The van der Waals surface area contributed by atoms with Crippen molar-refractivity contribution in [3.63, 3.8) is 0 Å². The van der Waals surface area contributed by atoms with E-state index in [0.717, 1.165) is 6.07 Å². The van der Waals surface area contributed by atoms with Crippen LogP contribution in [0.5, 0.6) is 17.2 Å². The Morgan fingerprint density at radius 2 is 2.07 bits per heavy atom. The number of phenolic OH excluding ortho intramolecular Hbond substituents is 2. The molecule has 3 aromatic rings. The molecule has 0 saturated heterocycles. The quantitative estimate of drug-likeness (QED) is 0.561. The molecule has 0 saturated carbocycles. The molecule has 150 valence electrons. The molecule has 29 heavy (non-hydrogen) atoms. The number of phenols is 2. The Hall–Kier alpha value is -3.39. The molecule has 4 N–H and O–H groups in total. The predicted molar refractivity (Wildman–Crippen MR) is 106 cm³/mol. The summed E-state index contributed by atoms with van der Waals surface area (Å²) in [4.78, 5) is 14.7. The van der Waals surface area contributed by atoms with Gasteiger partial charge in [0.2, 0.25) is 0 Å². The number of benzene rings is 2. The number of carbonyl (C=O) groups is 1. The summed E-state index contributed by atoms with van der Waals surface area (Å²) >= 11 is 5.98. The van der Waals surface area contributed by atoms with Gasteiger partial charge in [-0.2, -0.15) is 0 Å². The molecular weight excluding hydrogens is 398 g/mol. The van der Waals surface area contributed by atoms with Crippen molar-refractivity contribution in [2.45, 2.75) is 13.0 Å². The van der Waals surface area contributed by atoms with Gasteiger partial charge in [-0.05, 0) is 24.3 Å². The van der Waals surface area contributed by atoms with E-state index in [0.29, 0.717) is 52.5 Å². The lowest BCUT2D eigenvalue weighted by Gasteiger charge is -2.26. The maximum absolute atomic E-state index is 13.0. The number of hydrogen-bond acceptors (Lipinski definition) is 7. The molecule has 1 aliphatic heterocycles. The first-order valence-electron chi connectivity index (χ1n) is 8.81. The number of halogens is 1. The maximum atomic E-state index is 13.0. The number of aromatic hydroxyl groups is 2. The average molecular weight is 416 g/mol. The summed E-state index contributed by atoms with van der Waals surface area (Å²) in [6, 6.07) is 7.42. The molecule has 0 spiro atoms. The number of methoxy groups -OCH3 is 1. The largest absolute Gasteiger partial charge is 0.507 e. The number of nitrogens with zero attached hydrogens (tertiary/aromatic N) is 2. The fourth-order valence-corrected chi connectivity index (χ4v) is 3.52. The summed E-state index contributed by atoms with van der Waals surface area (Å²) in [7, 11) is 1.49. The zero-order valence-corrected chi connectivity index (χ0v) is 16.2. The number of ether oxygens (including phenoxy) is 1. The summed E-state index contributed by atoms with van der Waals surface area (Å²) in [5.74, 6) is 0.122. The van der Waals surface area contributed by atoms with Crippen LogP contribution >= 0.6 is 11.6 Å². The minimum Gasteiger partial charge on any atom is -0.507 e. The van der Waals surface area contributed by atoms with Gasteiger partial charge in [-0.1, -0.05) is 16.8 Å². The van der Waals surface area contributed by atoms with Gasteiger partial charge >= 0.3 is 0 Å². The van der Waals surface area contributed by atoms with Gasteiger partial charge in [0.25, 0.3) is 5.91 Å². The lowest BCUT2D eigenvalue weighted by Crippen LogP contribution is -2.36. The monoisotopic (exact) mass is 415 g/mol. The molecule has 8 nitrogen and oxygen atoms in total. The van der Waals surface area contributed by atoms with E-state index in [1.54, 1.807) is 23.1 Å². The minimum atomic E-state index is -0.240. The van der Waals surface area contributed by atoms with Gasteiger partial charge in [-0.25, -0.2) is 0 Å². The highest BCUT2D eigenvalue weighted by Gasteiger charge is 2.29. The van der Waals surface area contributed by atoms with Gasteiger partial charge in [0, 0.05) is 30.2 Å². The molecule has 9 heteroatoms.